The van der Waals surface area contributed by atoms with E-state index >= 15 is 0 Å². The van der Waals surface area contributed by atoms with Crippen molar-refractivity contribution in [2.24, 2.45) is 34.5 Å². The van der Waals surface area contributed by atoms with Crippen molar-refractivity contribution in [2.75, 3.05) is 6.61 Å². The number of carbonyl (C=O) groups excluding carboxylic acids is 3. The zero-order valence-corrected chi connectivity index (χ0v) is 17.3. The summed E-state index contributed by atoms with van der Waals surface area (Å²) in [6.45, 7) is 8.50. The lowest BCUT2D eigenvalue weighted by Crippen LogP contribution is -2.46. The maximum atomic E-state index is 12.9. The van der Waals surface area contributed by atoms with Crippen molar-refractivity contribution in [3.8, 4) is 0 Å². The van der Waals surface area contributed by atoms with Crippen molar-refractivity contribution in [1.29, 1.82) is 0 Å². The van der Waals surface area contributed by atoms with Gasteiger partial charge in [0.2, 0.25) is 5.78 Å². The van der Waals surface area contributed by atoms with Gasteiger partial charge in [0.15, 0.2) is 5.78 Å². The Balaban J connectivity index is 1.70. The number of carbonyl (C=O) groups is 3. The van der Waals surface area contributed by atoms with Gasteiger partial charge in [0.25, 0.3) is 0 Å². The Morgan fingerprint density at radius 3 is 2.75 bits per heavy atom. The molecule has 0 saturated heterocycles. The van der Waals surface area contributed by atoms with Crippen LogP contribution in [0, 0.1) is 34.5 Å². The number of fused-ring (bicyclic) bond motifs is 5. The average molecular weight is 383 g/mol. The van der Waals surface area contributed by atoms with Crippen LogP contribution in [-0.4, -0.2) is 24.1 Å². The molecule has 0 aromatic carbocycles. The molecule has 0 aliphatic heterocycles. The monoisotopic (exact) mass is 382 g/mol. The summed E-state index contributed by atoms with van der Waals surface area (Å²) in [6, 6.07) is 0. The predicted octanol–water partition coefficient (Wildman–Crippen LogP) is 4.21. The number of Topliss-reactive ketones (excluding diaryl/α,β-unsaturated/α-hetero) is 1. The van der Waals surface area contributed by atoms with Crippen LogP contribution in [-0.2, 0) is 19.1 Å². The standard InChI is InChI=1S/C24H30O4/c1-5-28-22(27)21(26)20-14(2)12-19-17-7-6-15-13-16(25)8-10-23(15,3)18(17)9-11-24(19,20)4/h8-10,13-14,17,19-20H,5-7,11-12H2,1-4H3/t14-,17?,19?,20-,23+,24+/m1/s1. The third kappa shape index (κ3) is 2.60. The van der Waals surface area contributed by atoms with Crippen LogP contribution in [0.25, 0.3) is 0 Å². The summed E-state index contributed by atoms with van der Waals surface area (Å²) >= 11 is 0. The first-order valence-electron chi connectivity index (χ1n) is 10.6. The molecule has 0 spiro atoms. The topological polar surface area (TPSA) is 60.4 Å². The molecule has 4 aliphatic carbocycles. The van der Waals surface area contributed by atoms with E-state index in [1.54, 1.807) is 13.0 Å². The van der Waals surface area contributed by atoms with Crippen molar-refractivity contribution in [2.45, 2.75) is 53.4 Å². The molecule has 0 amide bonds. The molecule has 2 saturated carbocycles. The summed E-state index contributed by atoms with van der Waals surface area (Å²) in [5.41, 5.74) is 2.25. The fraction of sp³-hybridized carbons (Fsp3) is 0.625. The summed E-state index contributed by atoms with van der Waals surface area (Å²) in [7, 11) is 0. The third-order valence-corrected chi connectivity index (χ3v) is 8.05. The molecule has 0 heterocycles. The van der Waals surface area contributed by atoms with Gasteiger partial charge in [-0.15, -0.1) is 0 Å². The van der Waals surface area contributed by atoms with Crippen LogP contribution in [0.4, 0.5) is 0 Å². The van der Waals surface area contributed by atoms with E-state index in [2.05, 4.69) is 32.9 Å². The van der Waals surface area contributed by atoms with Crippen molar-refractivity contribution in [3.63, 3.8) is 0 Å². The molecule has 0 N–H and O–H groups in total. The van der Waals surface area contributed by atoms with E-state index < -0.39 is 5.97 Å². The van der Waals surface area contributed by atoms with E-state index in [-0.39, 0.29) is 40.8 Å². The maximum absolute atomic E-state index is 12.9. The van der Waals surface area contributed by atoms with Crippen molar-refractivity contribution in [1.82, 2.24) is 0 Å². The molecule has 6 atom stereocenters. The number of allylic oxidation sites excluding steroid dienone is 6. The molecular weight excluding hydrogens is 352 g/mol. The minimum Gasteiger partial charge on any atom is -0.460 e. The van der Waals surface area contributed by atoms with Gasteiger partial charge in [-0.25, -0.2) is 4.79 Å². The Morgan fingerprint density at radius 1 is 1.29 bits per heavy atom. The first-order chi connectivity index (χ1) is 13.2. The van der Waals surface area contributed by atoms with Crippen molar-refractivity contribution < 1.29 is 19.1 Å². The van der Waals surface area contributed by atoms with Gasteiger partial charge >= 0.3 is 5.97 Å². The van der Waals surface area contributed by atoms with E-state index in [1.165, 1.54) is 11.1 Å². The molecular formula is C24H30O4. The first kappa shape index (κ1) is 19.4. The van der Waals surface area contributed by atoms with E-state index in [4.69, 9.17) is 4.74 Å². The van der Waals surface area contributed by atoms with Crippen LogP contribution in [0.15, 0.2) is 35.5 Å². The molecule has 150 valence electrons. The second-order valence-corrected chi connectivity index (χ2v) is 9.50. The van der Waals surface area contributed by atoms with Crippen molar-refractivity contribution >= 4 is 17.5 Å². The number of ether oxygens (including phenoxy) is 1. The van der Waals surface area contributed by atoms with Crippen LogP contribution in [0.2, 0.25) is 0 Å². The normalized spacial score (nSPS) is 41.4. The Labute approximate surface area is 167 Å². The third-order valence-electron chi connectivity index (χ3n) is 8.05. The zero-order chi connectivity index (χ0) is 20.3. The van der Waals surface area contributed by atoms with Crippen LogP contribution in [0.3, 0.4) is 0 Å². The van der Waals surface area contributed by atoms with Gasteiger partial charge in [-0.1, -0.05) is 37.1 Å². The Morgan fingerprint density at radius 2 is 2.04 bits per heavy atom. The molecule has 4 aliphatic rings. The molecule has 4 heteroatoms. The van der Waals surface area contributed by atoms with Gasteiger partial charge in [0.05, 0.1) is 6.61 Å². The van der Waals surface area contributed by atoms with Gasteiger partial charge in [0, 0.05) is 11.3 Å². The minimum atomic E-state index is -0.675. The summed E-state index contributed by atoms with van der Waals surface area (Å²) in [5, 5.41) is 0. The van der Waals surface area contributed by atoms with Crippen LogP contribution in [0.5, 0.6) is 0 Å². The first-order valence-corrected chi connectivity index (χ1v) is 10.6. The molecule has 2 unspecified atom stereocenters. The highest BCUT2D eigenvalue weighted by atomic mass is 16.5. The highest BCUT2D eigenvalue weighted by Crippen LogP contribution is 2.65. The van der Waals surface area contributed by atoms with Gasteiger partial charge in [0.1, 0.15) is 0 Å². The fourth-order valence-electron chi connectivity index (χ4n) is 6.78. The quantitative estimate of drug-likeness (QED) is 0.417. The number of hydrogen-bond acceptors (Lipinski definition) is 4. The Hall–Kier alpha value is -1.97. The van der Waals surface area contributed by atoms with Crippen LogP contribution < -0.4 is 0 Å². The summed E-state index contributed by atoms with van der Waals surface area (Å²) < 4.78 is 5.04. The predicted molar refractivity (Wildman–Crippen MR) is 106 cm³/mol. The van der Waals surface area contributed by atoms with Crippen LogP contribution >= 0.6 is 0 Å². The molecule has 4 nitrogen and oxygen atoms in total. The molecule has 4 rings (SSSR count). The molecule has 0 bridgehead atoms. The average Bonchev–Trinajstić information content (AvgIpc) is 2.92. The number of ketones is 2. The van der Waals surface area contributed by atoms with E-state index in [9.17, 15) is 14.4 Å². The minimum absolute atomic E-state index is 0.0850. The summed E-state index contributed by atoms with van der Waals surface area (Å²) in [5.74, 6) is -0.249. The fourth-order valence-corrected chi connectivity index (χ4v) is 6.78. The van der Waals surface area contributed by atoms with Gasteiger partial charge in [-0.2, -0.15) is 0 Å². The molecule has 28 heavy (non-hydrogen) atoms. The lowest BCUT2D eigenvalue weighted by molar-refractivity contribution is -0.158. The van der Waals surface area contributed by atoms with Crippen LogP contribution in [0.1, 0.15) is 53.4 Å². The molecule has 0 radical (unpaired) electrons. The smallest absolute Gasteiger partial charge is 0.374 e. The lowest BCUT2D eigenvalue weighted by Gasteiger charge is -2.52. The van der Waals surface area contributed by atoms with E-state index in [1.807, 2.05) is 6.08 Å². The highest BCUT2D eigenvalue weighted by molar-refractivity contribution is 6.34. The Bertz CT molecular complexity index is 832. The number of esters is 1. The molecule has 0 aromatic rings. The second kappa shape index (κ2) is 6.53. The zero-order valence-electron chi connectivity index (χ0n) is 17.3. The number of hydrogen-bond donors (Lipinski definition) is 0. The second-order valence-electron chi connectivity index (χ2n) is 9.50. The Kier molecular flexibility index (Phi) is 4.52. The molecule has 0 aromatic heterocycles. The van der Waals surface area contributed by atoms with Gasteiger partial charge < -0.3 is 4.74 Å². The summed E-state index contributed by atoms with van der Waals surface area (Å²) in [4.78, 5) is 37.0. The SMILES string of the molecule is CCOC(=O)C(=O)[C@H]1[C@H](C)CC2C3CCC4=CC(=O)C=C[C@]4(C)C3=CC[C@@]21C. The van der Waals surface area contributed by atoms with Gasteiger partial charge in [-0.05, 0) is 74.9 Å². The van der Waals surface area contributed by atoms with E-state index in [0.717, 1.165) is 25.7 Å². The van der Waals surface area contributed by atoms with Gasteiger partial charge in [-0.3, -0.25) is 9.59 Å². The largest absolute Gasteiger partial charge is 0.460 e. The van der Waals surface area contributed by atoms with E-state index in [0.29, 0.717) is 11.8 Å². The lowest BCUT2D eigenvalue weighted by atomic mass is 9.52. The number of rotatable bonds is 3. The van der Waals surface area contributed by atoms with Crippen molar-refractivity contribution in [3.05, 3.63) is 35.5 Å². The maximum Gasteiger partial charge on any atom is 0.374 e. The highest BCUT2D eigenvalue weighted by Gasteiger charge is 2.60. The molecule has 2 fully saturated rings. The summed E-state index contributed by atoms with van der Waals surface area (Å²) in [6.07, 6.45) is 11.6.